The molecule has 0 radical (unpaired) electrons. The maximum absolute atomic E-state index is 14.1. The fourth-order valence-electron chi connectivity index (χ4n) is 3.95. The maximum atomic E-state index is 14.1. The van der Waals surface area contributed by atoms with Gasteiger partial charge in [0.05, 0.1) is 13.2 Å². The van der Waals surface area contributed by atoms with Gasteiger partial charge in [-0.3, -0.25) is 14.8 Å². The molecule has 1 atom stereocenters. The Kier molecular flexibility index (Phi) is 6.41. The highest BCUT2D eigenvalue weighted by Crippen LogP contribution is 2.29. The van der Waals surface area contributed by atoms with Crippen LogP contribution < -0.4 is 10.6 Å². The molecule has 35 heavy (non-hydrogen) atoms. The Hall–Kier alpha value is -3.48. The zero-order chi connectivity index (χ0) is 24.4. The van der Waals surface area contributed by atoms with Crippen LogP contribution in [0.25, 0.3) is 5.52 Å². The minimum atomic E-state index is -1.61. The molecule has 4 heterocycles. The predicted octanol–water partition coefficient (Wildman–Crippen LogP) is 3.00. The summed E-state index contributed by atoms with van der Waals surface area (Å²) in [7, 11) is 0. The number of fused-ring (bicyclic) bond motifs is 1. The second-order valence-corrected chi connectivity index (χ2v) is 9.63. The van der Waals surface area contributed by atoms with Crippen LogP contribution in [0.5, 0.6) is 0 Å². The highest BCUT2D eigenvalue weighted by Gasteiger charge is 2.38. The van der Waals surface area contributed by atoms with Crippen LogP contribution in [0, 0.1) is 6.92 Å². The molecule has 0 bridgehead atoms. The number of nitrogens with one attached hydrogen (secondary N) is 3. The molecule has 1 aliphatic heterocycles. The molecule has 1 aliphatic rings. The third kappa shape index (κ3) is 5.45. The van der Waals surface area contributed by atoms with E-state index < -0.39 is 12.3 Å². The third-order valence-corrected chi connectivity index (χ3v) is 6.57. The van der Waals surface area contributed by atoms with Gasteiger partial charge in [0.25, 0.3) is 0 Å². The fraction of sp³-hybridized carbons (Fsp3) is 0.304. The summed E-state index contributed by atoms with van der Waals surface area (Å²) >= 11 is 1.39. The number of hydrogen-bond donors (Lipinski definition) is 4. The molecule has 3 aromatic heterocycles. The predicted molar refractivity (Wildman–Crippen MR) is 131 cm³/mol. The van der Waals surface area contributed by atoms with Crippen LogP contribution in [-0.4, -0.2) is 72.6 Å². The lowest BCUT2D eigenvalue weighted by Gasteiger charge is -2.18. The lowest BCUT2D eigenvalue weighted by Crippen LogP contribution is -2.36. The molecule has 4 aromatic rings. The summed E-state index contributed by atoms with van der Waals surface area (Å²) in [5, 5.41) is 27.4. The van der Waals surface area contributed by atoms with Crippen molar-refractivity contribution in [1.82, 2.24) is 29.7 Å². The number of aromatic nitrogens is 5. The quantitative estimate of drug-likeness (QED) is 0.294. The van der Waals surface area contributed by atoms with Crippen molar-refractivity contribution in [2.45, 2.75) is 29.1 Å². The smallest absolute Gasteiger partial charge is 0.238 e. The average Bonchev–Trinajstić information content (AvgIpc) is 3.56. The van der Waals surface area contributed by atoms with Crippen molar-refractivity contribution in [1.29, 1.82) is 0 Å². The van der Waals surface area contributed by atoms with Gasteiger partial charge >= 0.3 is 0 Å². The number of nitrogens with zero attached hydrogens (tertiary/aromatic N) is 5. The number of carbonyl (C=O) groups excluding carboxylic acids is 1. The number of rotatable bonds is 8. The molecule has 12 heteroatoms. The van der Waals surface area contributed by atoms with Gasteiger partial charge in [0.1, 0.15) is 11.2 Å². The summed E-state index contributed by atoms with van der Waals surface area (Å²) in [4.78, 5) is 19.6. The first kappa shape index (κ1) is 23.3. The molecule has 1 fully saturated rings. The van der Waals surface area contributed by atoms with E-state index in [2.05, 4.69) is 30.9 Å². The summed E-state index contributed by atoms with van der Waals surface area (Å²) in [6.45, 7) is 2.00. The number of anilines is 3. The number of hydrogen-bond acceptors (Lipinski definition) is 8. The van der Waals surface area contributed by atoms with Crippen LogP contribution in [0.15, 0.2) is 58.7 Å². The summed E-state index contributed by atoms with van der Waals surface area (Å²) in [6.07, 6.45) is 2.09. The van der Waals surface area contributed by atoms with Crippen molar-refractivity contribution in [2.24, 2.45) is 0 Å². The van der Waals surface area contributed by atoms with E-state index in [1.165, 1.54) is 11.8 Å². The van der Waals surface area contributed by atoms with Crippen LogP contribution in [0.3, 0.4) is 0 Å². The number of aromatic amines is 1. The Balaban J connectivity index is 1.23. The van der Waals surface area contributed by atoms with Gasteiger partial charge in [-0.2, -0.15) is 5.10 Å². The Labute approximate surface area is 204 Å². The first-order valence-electron chi connectivity index (χ1n) is 11.1. The molecule has 0 unspecified atom stereocenters. The highest BCUT2D eigenvalue weighted by molar-refractivity contribution is 7.99. The summed E-state index contributed by atoms with van der Waals surface area (Å²) in [6, 6.07) is 13.1. The Morgan fingerprint density at radius 1 is 1.31 bits per heavy atom. The molecule has 1 aromatic carbocycles. The number of aliphatic hydroxyl groups is 1. The molecule has 182 valence electrons. The van der Waals surface area contributed by atoms with E-state index in [-0.39, 0.29) is 25.4 Å². The van der Waals surface area contributed by atoms with Crippen LogP contribution >= 0.6 is 11.8 Å². The van der Waals surface area contributed by atoms with Gasteiger partial charge in [-0.05, 0) is 61.5 Å². The number of amides is 1. The van der Waals surface area contributed by atoms with Crippen LogP contribution in [0.4, 0.5) is 21.7 Å². The van der Waals surface area contributed by atoms with E-state index in [0.29, 0.717) is 29.0 Å². The summed E-state index contributed by atoms with van der Waals surface area (Å²) in [5.74, 6) is 1.09. The van der Waals surface area contributed by atoms with Crippen molar-refractivity contribution in [3.05, 3.63) is 54.4 Å². The Morgan fingerprint density at radius 3 is 2.86 bits per heavy atom. The van der Waals surface area contributed by atoms with E-state index >= 15 is 0 Å². The Bertz CT molecular complexity index is 1340. The van der Waals surface area contributed by atoms with Crippen molar-refractivity contribution in [3.8, 4) is 0 Å². The minimum absolute atomic E-state index is 0.0643. The van der Waals surface area contributed by atoms with Crippen molar-refractivity contribution < 1.29 is 14.3 Å². The van der Waals surface area contributed by atoms with E-state index in [9.17, 15) is 9.18 Å². The number of benzene rings is 1. The first-order valence-corrected chi connectivity index (χ1v) is 12.0. The molecule has 0 aliphatic carbocycles. The van der Waals surface area contributed by atoms with Crippen molar-refractivity contribution in [2.75, 3.05) is 36.9 Å². The first-order chi connectivity index (χ1) is 16.9. The third-order valence-electron chi connectivity index (χ3n) is 5.70. The van der Waals surface area contributed by atoms with Gasteiger partial charge in [0.15, 0.2) is 11.6 Å². The molecule has 4 N–H and O–H groups in total. The number of aryl methyl sites for hydroxylation is 1. The number of likely N-dealkylation sites (tertiary alicyclic amines) is 1. The second kappa shape index (κ2) is 9.64. The van der Waals surface area contributed by atoms with Gasteiger partial charge in [0.2, 0.25) is 11.1 Å². The standard InChI is InChI=1S/C23H25FN8O2S/c1-15-11-19(29-28-15)26-21-18-3-2-9-32(18)30-22(27-21)35-17-6-4-16(5-7-17)25-20(34)12-31-10-8-23(24,13-31)14-33/h2-7,9,11,33H,8,10,12-14H2,1H3,(H,25,34)(H2,26,27,28,29,30)/t23-/m1/s1. The highest BCUT2D eigenvalue weighted by atomic mass is 32.2. The van der Waals surface area contributed by atoms with Gasteiger partial charge < -0.3 is 15.7 Å². The van der Waals surface area contributed by atoms with Crippen LogP contribution in [0.1, 0.15) is 12.1 Å². The zero-order valence-electron chi connectivity index (χ0n) is 19.0. The number of alkyl halides is 1. The van der Waals surface area contributed by atoms with Crippen LogP contribution in [0.2, 0.25) is 0 Å². The monoisotopic (exact) mass is 496 g/mol. The van der Waals surface area contributed by atoms with Gasteiger partial charge in [-0.25, -0.2) is 13.9 Å². The SMILES string of the molecule is Cc1cc(Nc2nc(Sc3ccc(NC(=O)CN4CC[C@](F)(CO)C4)cc3)nn3cccc23)n[nH]1. The molecule has 5 rings (SSSR count). The normalized spacial score (nSPS) is 18.3. The lowest BCUT2D eigenvalue weighted by atomic mass is 10.1. The summed E-state index contributed by atoms with van der Waals surface area (Å²) in [5.41, 5.74) is 0.799. The molecule has 0 saturated carbocycles. The van der Waals surface area contributed by atoms with Gasteiger partial charge in [-0.15, -0.1) is 5.10 Å². The molecule has 10 nitrogen and oxygen atoms in total. The van der Waals surface area contributed by atoms with Gasteiger partial charge in [0, 0.05) is 41.6 Å². The lowest BCUT2D eigenvalue weighted by molar-refractivity contribution is -0.117. The van der Waals surface area contributed by atoms with E-state index in [4.69, 9.17) is 5.11 Å². The second-order valence-electron chi connectivity index (χ2n) is 8.59. The molecule has 0 spiro atoms. The topological polar surface area (TPSA) is 123 Å². The Morgan fingerprint density at radius 2 is 2.14 bits per heavy atom. The minimum Gasteiger partial charge on any atom is -0.393 e. The van der Waals surface area contributed by atoms with Gasteiger partial charge in [-0.1, -0.05) is 0 Å². The van der Waals surface area contributed by atoms with Crippen molar-refractivity contribution in [3.63, 3.8) is 0 Å². The number of halogens is 1. The average molecular weight is 497 g/mol. The maximum Gasteiger partial charge on any atom is 0.238 e. The van der Waals surface area contributed by atoms with Crippen molar-refractivity contribution >= 4 is 40.5 Å². The number of carbonyl (C=O) groups is 1. The summed E-state index contributed by atoms with van der Waals surface area (Å²) < 4.78 is 15.9. The van der Waals surface area contributed by atoms with E-state index in [1.807, 2.05) is 43.5 Å². The zero-order valence-corrected chi connectivity index (χ0v) is 19.8. The van der Waals surface area contributed by atoms with E-state index in [1.54, 1.807) is 21.5 Å². The fourth-order valence-corrected chi connectivity index (χ4v) is 4.70. The van der Waals surface area contributed by atoms with E-state index in [0.717, 1.165) is 16.1 Å². The molecule has 1 saturated heterocycles. The molecule has 1 amide bonds. The van der Waals surface area contributed by atoms with Crippen LogP contribution in [-0.2, 0) is 4.79 Å². The largest absolute Gasteiger partial charge is 0.393 e. The molecular formula is C23H25FN8O2S. The number of aliphatic hydroxyl groups excluding tert-OH is 1. The molecular weight excluding hydrogens is 471 g/mol. The number of H-pyrrole nitrogens is 1.